The molecule has 0 radical (unpaired) electrons. The molecule has 0 aliphatic heterocycles. The van der Waals surface area contributed by atoms with Gasteiger partial charge in [0.05, 0.1) is 5.69 Å². The van der Waals surface area contributed by atoms with Crippen LogP contribution in [0.15, 0.2) is 48.5 Å². The Bertz CT molecular complexity index is 758. The first-order valence-electron chi connectivity index (χ1n) is 7.22. The lowest BCUT2D eigenvalue weighted by molar-refractivity contribution is -0.153. The number of carbonyl (C=O) groups is 2. The molecule has 0 bridgehead atoms. The lowest BCUT2D eigenvalue weighted by atomic mass is 10.2. The summed E-state index contributed by atoms with van der Waals surface area (Å²) < 4.78 is 41.6. The van der Waals surface area contributed by atoms with Crippen molar-refractivity contribution in [2.75, 3.05) is 17.2 Å². The van der Waals surface area contributed by atoms with E-state index in [1.165, 1.54) is 37.3 Å². The molecular weight excluding hydrogens is 337 g/mol. The van der Waals surface area contributed by atoms with Crippen molar-refractivity contribution in [3.63, 3.8) is 0 Å². The van der Waals surface area contributed by atoms with Crippen LogP contribution in [0.1, 0.15) is 17.3 Å². The molecule has 8 heteroatoms. The summed E-state index contributed by atoms with van der Waals surface area (Å²) in [5.74, 6) is -0.839. The lowest BCUT2D eigenvalue weighted by Crippen LogP contribution is -2.20. The van der Waals surface area contributed by atoms with Gasteiger partial charge in [0.1, 0.15) is 5.75 Å². The average Bonchev–Trinajstić information content (AvgIpc) is 2.53. The SMILES string of the molecule is CC(=O)Nc1ccc(C(=O)Nc2ccccc2OCC(F)(F)F)cc1. The maximum Gasteiger partial charge on any atom is 0.422 e. The molecule has 0 unspecified atom stereocenters. The Balaban J connectivity index is 2.08. The molecule has 132 valence electrons. The largest absolute Gasteiger partial charge is 0.482 e. The molecule has 25 heavy (non-hydrogen) atoms. The van der Waals surface area contributed by atoms with Gasteiger partial charge in [0.15, 0.2) is 6.61 Å². The number of nitrogens with one attached hydrogen (secondary N) is 2. The fourth-order valence-corrected chi connectivity index (χ4v) is 1.96. The Kier molecular flexibility index (Phi) is 5.63. The Morgan fingerprint density at radius 2 is 1.64 bits per heavy atom. The van der Waals surface area contributed by atoms with E-state index in [4.69, 9.17) is 4.74 Å². The summed E-state index contributed by atoms with van der Waals surface area (Å²) in [7, 11) is 0. The van der Waals surface area contributed by atoms with Gasteiger partial charge in [-0.2, -0.15) is 13.2 Å². The van der Waals surface area contributed by atoms with E-state index in [0.29, 0.717) is 5.69 Å². The van der Waals surface area contributed by atoms with Crippen LogP contribution in [0.2, 0.25) is 0 Å². The highest BCUT2D eigenvalue weighted by molar-refractivity contribution is 6.05. The molecule has 0 saturated carbocycles. The molecule has 0 aliphatic carbocycles. The number of anilines is 2. The minimum Gasteiger partial charge on any atom is -0.482 e. The van der Waals surface area contributed by atoms with E-state index in [2.05, 4.69) is 10.6 Å². The molecule has 2 N–H and O–H groups in total. The Hall–Kier alpha value is -3.03. The van der Waals surface area contributed by atoms with Crippen molar-refractivity contribution in [2.24, 2.45) is 0 Å². The monoisotopic (exact) mass is 352 g/mol. The van der Waals surface area contributed by atoms with Crippen molar-refractivity contribution in [1.29, 1.82) is 0 Å². The van der Waals surface area contributed by atoms with Crippen LogP contribution < -0.4 is 15.4 Å². The van der Waals surface area contributed by atoms with Crippen molar-refractivity contribution in [3.8, 4) is 5.75 Å². The Morgan fingerprint density at radius 3 is 2.24 bits per heavy atom. The van der Waals surface area contributed by atoms with Gasteiger partial charge in [-0.15, -0.1) is 0 Å². The number of benzene rings is 2. The molecule has 0 fully saturated rings. The molecular formula is C17H15F3N2O3. The van der Waals surface area contributed by atoms with E-state index >= 15 is 0 Å². The highest BCUT2D eigenvalue weighted by Crippen LogP contribution is 2.26. The zero-order valence-corrected chi connectivity index (χ0v) is 13.2. The summed E-state index contributed by atoms with van der Waals surface area (Å²) in [6, 6.07) is 11.9. The smallest absolute Gasteiger partial charge is 0.422 e. The van der Waals surface area contributed by atoms with Crippen LogP contribution in [0.4, 0.5) is 24.5 Å². The molecule has 0 aromatic heterocycles. The molecule has 2 rings (SSSR count). The van der Waals surface area contributed by atoms with Crippen LogP contribution in [0, 0.1) is 0 Å². The van der Waals surface area contributed by atoms with Gasteiger partial charge in [0, 0.05) is 18.2 Å². The number of hydrogen-bond acceptors (Lipinski definition) is 3. The molecule has 0 heterocycles. The van der Waals surface area contributed by atoms with Crippen LogP contribution in [0.3, 0.4) is 0 Å². The Morgan fingerprint density at radius 1 is 1.00 bits per heavy atom. The van der Waals surface area contributed by atoms with E-state index in [1.807, 2.05) is 0 Å². The van der Waals surface area contributed by atoms with Gasteiger partial charge in [-0.1, -0.05) is 12.1 Å². The first-order valence-corrected chi connectivity index (χ1v) is 7.22. The van der Waals surface area contributed by atoms with Gasteiger partial charge < -0.3 is 15.4 Å². The maximum atomic E-state index is 12.3. The predicted molar refractivity (Wildman–Crippen MR) is 86.7 cm³/mol. The van der Waals surface area contributed by atoms with Crippen molar-refractivity contribution < 1.29 is 27.5 Å². The molecule has 0 aliphatic rings. The predicted octanol–water partition coefficient (Wildman–Crippen LogP) is 3.84. The molecule has 0 saturated heterocycles. The number of para-hydroxylation sites is 2. The number of alkyl halides is 3. The second-order valence-electron chi connectivity index (χ2n) is 5.11. The number of halogens is 3. The molecule has 5 nitrogen and oxygen atoms in total. The van der Waals surface area contributed by atoms with E-state index in [1.54, 1.807) is 18.2 Å². The number of carbonyl (C=O) groups excluding carboxylic acids is 2. The lowest BCUT2D eigenvalue weighted by Gasteiger charge is -2.14. The normalized spacial score (nSPS) is 10.9. The highest BCUT2D eigenvalue weighted by Gasteiger charge is 2.28. The summed E-state index contributed by atoms with van der Waals surface area (Å²) in [6.45, 7) is -0.0935. The van der Waals surface area contributed by atoms with Crippen LogP contribution in [-0.2, 0) is 4.79 Å². The Labute approximate surface area is 141 Å². The summed E-state index contributed by atoms with van der Waals surface area (Å²) in [4.78, 5) is 23.2. The standard InChI is InChI=1S/C17H15F3N2O3/c1-11(23)21-13-8-6-12(7-9-13)16(24)22-14-4-2-3-5-15(14)25-10-17(18,19)20/h2-9H,10H2,1H3,(H,21,23)(H,22,24). The first-order chi connectivity index (χ1) is 11.7. The van der Waals surface area contributed by atoms with Gasteiger partial charge >= 0.3 is 6.18 Å². The minimum absolute atomic E-state index is 0.0805. The van der Waals surface area contributed by atoms with E-state index in [-0.39, 0.29) is 22.9 Å². The van der Waals surface area contributed by atoms with Crippen LogP contribution >= 0.6 is 0 Å². The highest BCUT2D eigenvalue weighted by atomic mass is 19.4. The van der Waals surface area contributed by atoms with Gasteiger partial charge in [-0.25, -0.2) is 0 Å². The second kappa shape index (κ2) is 7.69. The minimum atomic E-state index is -4.48. The molecule has 0 spiro atoms. The fourth-order valence-electron chi connectivity index (χ4n) is 1.96. The molecule has 2 aromatic carbocycles. The summed E-state index contributed by atoms with van der Waals surface area (Å²) in [6.07, 6.45) is -4.48. The number of rotatable bonds is 5. The fraction of sp³-hybridized carbons (Fsp3) is 0.176. The summed E-state index contributed by atoms with van der Waals surface area (Å²) in [5.41, 5.74) is 0.931. The van der Waals surface area contributed by atoms with E-state index in [9.17, 15) is 22.8 Å². The van der Waals surface area contributed by atoms with Crippen LogP contribution in [-0.4, -0.2) is 24.6 Å². The third-order valence-electron chi connectivity index (χ3n) is 2.99. The number of ether oxygens (including phenoxy) is 1. The first kappa shape index (κ1) is 18.3. The zero-order valence-electron chi connectivity index (χ0n) is 13.2. The summed E-state index contributed by atoms with van der Waals surface area (Å²) >= 11 is 0. The third-order valence-corrected chi connectivity index (χ3v) is 2.99. The van der Waals surface area contributed by atoms with Crippen molar-refractivity contribution in [2.45, 2.75) is 13.1 Å². The topological polar surface area (TPSA) is 67.4 Å². The van der Waals surface area contributed by atoms with Crippen LogP contribution in [0.5, 0.6) is 5.75 Å². The van der Waals surface area contributed by atoms with E-state index in [0.717, 1.165) is 0 Å². The third kappa shape index (κ3) is 5.83. The summed E-state index contributed by atoms with van der Waals surface area (Å²) in [5, 5.41) is 5.07. The van der Waals surface area contributed by atoms with Gasteiger partial charge in [0.25, 0.3) is 5.91 Å². The van der Waals surface area contributed by atoms with Gasteiger partial charge in [0.2, 0.25) is 5.91 Å². The van der Waals surface area contributed by atoms with Crippen molar-refractivity contribution in [1.82, 2.24) is 0 Å². The quantitative estimate of drug-likeness (QED) is 0.859. The van der Waals surface area contributed by atoms with E-state index < -0.39 is 18.7 Å². The van der Waals surface area contributed by atoms with Gasteiger partial charge in [-0.05, 0) is 36.4 Å². The van der Waals surface area contributed by atoms with Crippen molar-refractivity contribution in [3.05, 3.63) is 54.1 Å². The number of amides is 2. The second-order valence-corrected chi connectivity index (χ2v) is 5.11. The van der Waals surface area contributed by atoms with Crippen LogP contribution in [0.25, 0.3) is 0 Å². The molecule has 2 aromatic rings. The molecule has 2 amide bonds. The maximum absolute atomic E-state index is 12.3. The van der Waals surface area contributed by atoms with Gasteiger partial charge in [-0.3, -0.25) is 9.59 Å². The average molecular weight is 352 g/mol. The van der Waals surface area contributed by atoms with Crippen molar-refractivity contribution >= 4 is 23.2 Å². The zero-order chi connectivity index (χ0) is 18.4. The number of hydrogen-bond donors (Lipinski definition) is 2. The molecule has 0 atom stereocenters.